The van der Waals surface area contributed by atoms with Crippen LogP contribution < -0.4 is 0 Å². The molecule has 0 spiro atoms. The van der Waals surface area contributed by atoms with Crippen LogP contribution in [0.15, 0.2) is 98.2 Å². The van der Waals surface area contributed by atoms with E-state index in [1.807, 2.05) is 24.3 Å². The lowest BCUT2D eigenvalue weighted by atomic mass is 10.1. The predicted molar refractivity (Wildman–Crippen MR) is 135 cm³/mol. The standard InChI is InChI=1S/C28H14NO3P/c1-2-7-16-15(6-1)14-18-26-25(16)32-22-11-5-10-21-27(22)33(26)28-23(31-21)13-12-20-24(28)29(18)17-8-3-4-9-19(17)30-20/h1-14H. The van der Waals surface area contributed by atoms with Crippen LogP contribution in [0.25, 0.3) is 76.2 Å². The molecule has 9 rings (SSSR count). The number of nitrogens with zero attached hydrogens (tertiary/aromatic N) is 1. The third kappa shape index (κ3) is 1.83. The molecule has 0 aliphatic rings. The van der Waals surface area contributed by atoms with Gasteiger partial charge in [-0.1, -0.05) is 49.8 Å². The second-order valence-corrected chi connectivity index (χ2v) is 10.6. The average molecular weight is 443 g/mol. The van der Waals surface area contributed by atoms with Crippen molar-refractivity contribution in [3.05, 3.63) is 84.9 Å². The minimum absolute atomic E-state index is 0.852. The smallest absolute Gasteiger partial charge is 0.152 e. The zero-order valence-corrected chi connectivity index (χ0v) is 18.1. The number of fused-ring (bicyclic) bond motifs is 5. The van der Waals surface area contributed by atoms with Crippen LogP contribution in [-0.4, -0.2) is 4.40 Å². The van der Waals surface area contributed by atoms with E-state index >= 15 is 0 Å². The first-order valence-corrected chi connectivity index (χ1v) is 12.3. The largest absolute Gasteiger partial charge is 0.455 e. The van der Waals surface area contributed by atoms with Crippen LogP contribution in [0, 0.1) is 0 Å². The summed E-state index contributed by atoms with van der Waals surface area (Å²) in [6, 6.07) is 29.3. The van der Waals surface area contributed by atoms with E-state index in [1.165, 1.54) is 21.1 Å². The Kier molecular flexibility index (Phi) is 2.71. The molecule has 4 nitrogen and oxygen atoms in total. The van der Waals surface area contributed by atoms with Gasteiger partial charge in [0, 0.05) is 5.39 Å². The fourth-order valence-electron chi connectivity index (χ4n) is 5.59. The molecule has 1 unspecified atom stereocenters. The van der Waals surface area contributed by atoms with Gasteiger partial charge in [0.1, 0.15) is 27.8 Å². The fraction of sp³-hybridized carbons (Fsp3) is 0. The van der Waals surface area contributed by atoms with E-state index in [0.29, 0.717) is 0 Å². The van der Waals surface area contributed by atoms with Gasteiger partial charge in [0.2, 0.25) is 0 Å². The third-order valence-electron chi connectivity index (χ3n) is 6.89. The lowest BCUT2D eigenvalue weighted by Crippen LogP contribution is -1.98. The third-order valence-corrected chi connectivity index (χ3v) is 9.53. The Bertz CT molecular complexity index is 2250. The Morgan fingerprint density at radius 2 is 1.27 bits per heavy atom. The van der Waals surface area contributed by atoms with Crippen molar-refractivity contribution in [3.8, 4) is 0 Å². The highest BCUT2D eigenvalue weighted by molar-refractivity contribution is 7.63. The molecule has 0 aliphatic carbocycles. The Balaban J connectivity index is 1.81. The number of hydrogen-bond donors (Lipinski definition) is 0. The molecule has 9 aromatic rings. The summed E-state index contributed by atoms with van der Waals surface area (Å²) in [4.78, 5) is 0. The zero-order chi connectivity index (χ0) is 21.3. The number of rotatable bonds is 0. The van der Waals surface area contributed by atoms with E-state index < -0.39 is 7.34 Å². The molecule has 1 atom stereocenters. The van der Waals surface area contributed by atoms with Gasteiger partial charge in [0.25, 0.3) is 0 Å². The Morgan fingerprint density at radius 1 is 0.545 bits per heavy atom. The normalized spacial score (nSPS) is 13.4. The summed E-state index contributed by atoms with van der Waals surface area (Å²) < 4.78 is 21.9. The summed E-state index contributed by atoms with van der Waals surface area (Å²) in [5.74, 6) is 0. The van der Waals surface area contributed by atoms with Crippen molar-refractivity contribution in [3.63, 3.8) is 0 Å². The fourth-order valence-corrected chi connectivity index (χ4v) is 8.46. The van der Waals surface area contributed by atoms with Crippen LogP contribution >= 0.6 is 7.34 Å². The van der Waals surface area contributed by atoms with Crippen molar-refractivity contribution in [2.24, 2.45) is 0 Å². The average Bonchev–Trinajstić information content (AvgIpc) is 2.86. The Hall–Kier alpha value is -4.14. The van der Waals surface area contributed by atoms with Crippen molar-refractivity contribution >= 4 is 83.5 Å². The molecule has 0 saturated heterocycles. The summed E-state index contributed by atoms with van der Waals surface area (Å²) in [6.07, 6.45) is 0. The number of para-hydroxylation sites is 2. The lowest BCUT2D eigenvalue weighted by Gasteiger charge is -2.21. The van der Waals surface area contributed by atoms with Gasteiger partial charge in [-0.05, 0) is 47.9 Å². The molecule has 0 aliphatic heterocycles. The molecule has 4 heterocycles. The van der Waals surface area contributed by atoms with Gasteiger partial charge in [0.15, 0.2) is 11.2 Å². The summed E-state index contributed by atoms with van der Waals surface area (Å²) in [5, 5.41) is 5.94. The van der Waals surface area contributed by atoms with Gasteiger partial charge in [-0.25, -0.2) is 0 Å². The Labute approximate surface area is 186 Å². The molecule has 154 valence electrons. The van der Waals surface area contributed by atoms with Crippen molar-refractivity contribution in [1.82, 2.24) is 4.40 Å². The van der Waals surface area contributed by atoms with Crippen LogP contribution in [0.5, 0.6) is 0 Å². The molecule has 4 aromatic heterocycles. The highest BCUT2D eigenvalue weighted by atomic mass is 31.1. The number of aromatic nitrogens is 1. The topological polar surface area (TPSA) is 43.8 Å². The number of benzene rings is 5. The highest BCUT2D eigenvalue weighted by Gasteiger charge is 2.24. The zero-order valence-electron chi connectivity index (χ0n) is 17.2. The van der Waals surface area contributed by atoms with Gasteiger partial charge in [0.05, 0.1) is 26.4 Å². The minimum atomic E-state index is -0.852. The Morgan fingerprint density at radius 3 is 2.24 bits per heavy atom. The molecule has 33 heavy (non-hydrogen) atoms. The van der Waals surface area contributed by atoms with E-state index in [2.05, 4.69) is 65.1 Å². The molecule has 0 bridgehead atoms. The molecular weight excluding hydrogens is 429 g/mol. The first-order chi connectivity index (χ1) is 16.4. The van der Waals surface area contributed by atoms with Crippen LogP contribution in [0.4, 0.5) is 0 Å². The maximum Gasteiger partial charge on any atom is 0.152 e. The van der Waals surface area contributed by atoms with Crippen LogP contribution in [-0.2, 0) is 0 Å². The molecule has 5 aromatic carbocycles. The van der Waals surface area contributed by atoms with E-state index in [9.17, 15) is 0 Å². The first-order valence-electron chi connectivity index (χ1n) is 11.0. The summed E-state index contributed by atoms with van der Waals surface area (Å²) in [6.45, 7) is 0. The van der Waals surface area contributed by atoms with Gasteiger partial charge in [-0.15, -0.1) is 0 Å². The molecule has 0 N–H and O–H groups in total. The first kappa shape index (κ1) is 16.5. The van der Waals surface area contributed by atoms with E-state index in [4.69, 9.17) is 13.3 Å². The van der Waals surface area contributed by atoms with Crippen LogP contribution in [0.1, 0.15) is 0 Å². The molecule has 0 fully saturated rings. The monoisotopic (exact) mass is 443 g/mol. The molecule has 0 radical (unpaired) electrons. The van der Waals surface area contributed by atoms with E-state index in [1.54, 1.807) is 0 Å². The van der Waals surface area contributed by atoms with E-state index in [-0.39, 0.29) is 0 Å². The maximum absolute atomic E-state index is 6.67. The van der Waals surface area contributed by atoms with Crippen molar-refractivity contribution in [2.45, 2.75) is 0 Å². The van der Waals surface area contributed by atoms with Crippen LogP contribution in [0.2, 0.25) is 0 Å². The quantitative estimate of drug-likeness (QED) is 0.173. The highest BCUT2D eigenvalue weighted by Crippen LogP contribution is 2.56. The van der Waals surface area contributed by atoms with Crippen molar-refractivity contribution in [1.29, 1.82) is 0 Å². The molecule has 0 saturated carbocycles. The molecular formula is C28H14NO3P. The molecule has 5 heteroatoms. The van der Waals surface area contributed by atoms with Crippen molar-refractivity contribution < 1.29 is 13.3 Å². The van der Waals surface area contributed by atoms with Crippen molar-refractivity contribution in [2.75, 3.05) is 0 Å². The second-order valence-electron chi connectivity index (χ2n) is 8.60. The maximum atomic E-state index is 6.67. The number of hydrogen-bond acceptors (Lipinski definition) is 3. The second kappa shape index (κ2) is 5.43. The minimum Gasteiger partial charge on any atom is -0.455 e. The molecule has 0 amide bonds. The van der Waals surface area contributed by atoms with Crippen LogP contribution in [0.3, 0.4) is 0 Å². The SMILES string of the molecule is c1ccc2c(c1)cc1c3c2oc2cccc4oc5ccc6oc7ccccc7n1c6c5p3c42. The summed E-state index contributed by atoms with van der Waals surface area (Å²) in [7, 11) is -0.852. The predicted octanol–water partition coefficient (Wildman–Crippen LogP) is 9.08. The van der Waals surface area contributed by atoms with Gasteiger partial charge in [-0.3, -0.25) is 0 Å². The van der Waals surface area contributed by atoms with Gasteiger partial charge in [-0.2, -0.15) is 0 Å². The summed E-state index contributed by atoms with van der Waals surface area (Å²) in [5.41, 5.74) is 8.67. The summed E-state index contributed by atoms with van der Waals surface area (Å²) >= 11 is 0. The lowest BCUT2D eigenvalue weighted by molar-refractivity contribution is 0.646. The van der Waals surface area contributed by atoms with E-state index in [0.717, 1.165) is 55.0 Å². The van der Waals surface area contributed by atoms with Gasteiger partial charge < -0.3 is 17.7 Å². The van der Waals surface area contributed by atoms with Gasteiger partial charge >= 0.3 is 0 Å².